The van der Waals surface area contributed by atoms with E-state index < -0.39 is 0 Å². The molecule has 0 aliphatic carbocycles. The van der Waals surface area contributed by atoms with Crippen molar-refractivity contribution in [2.45, 2.75) is 27.3 Å². The summed E-state index contributed by atoms with van der Waals surface area (Å²) in [4.78, 5) is 7.10. The van der Waals surface area contributed by atoms with Crippen LogP contribution in [0, 0.1) is 20.8 Å². The molecule has 0 saturated carbocycles. The highest BCUT2D eigenvalue weighted by Crippen LogP contribution is 2.23. The number of aromatic amines is 1. The fraction of sp³-hybridized carbons (Fsp3) is 0.250. The normalized spacial score (nSPS) is 10.8. The molecule has 108 valence electrons. The van der Waals surface area contributed by atoms with E-state index in [1.807, 2.05) is 30.4 Å². The van der Waals surface area contributed by atoms with Crippen LogP contribution in [0.5, 0.6) is 0 Å². The van der Waals surface area contributed by atoms with Crippen LogP contribution < -0.4 is 5.32 Å². The standard InChI is InChI=1S/C16H18N4S/c1-10-7-14(11(2)21-10)9-17-15-6-4-5-13(8-15)16-18-12(3)19-20-16/h4-8,17H,9H2,1-3H3,(H,18,19,20). The molecule has 0 fully saturated rings. The molecular weight excluding hydrogens is 280 g/mol. The zero-order valence-electron chi connectivity index (χ0n) is 12.4. The lowest BCUT2D eigenvalue weighted by Crippen LogP contribution is -1.99. The third-order valence-electron chi connectivity index (χ3n) is 3.34. The molecule has 2 N–H and O–H groups in total. The first-order valence-electron chi connectivity index (χ1n) is 6.91. The minimum Gasteiger partial charge on any atom is -0.381 e. The molecule has 4 nitrogen and oxygen atoms in total. The lowest BCUT2D eigenvalue weighted by atomic mass is 10.2. The second kappa shape index (κ2) is 5.69. The number of nitrogens with one attached hydrogen (secondary N) is 2. The zero-order valence-corrected chi connectivity index (χ0v) is 13.2. The predicted molar refractivity (Wildman–Crippen MR) is 87.7 cm³/mol. The Hall–Kier alpha value is -2.14. The Morgan fingerprint density at radius 2 is 2.05 bits per heavy atom. The van der Waals surface area contributed by atoms with Gasteiger partial charge in [0.2, 0.25) is 0 Å². The largest absolute Gasteiger partial charge is 0.381 e. The van der Waals surface area contributed by atoms with Gasteiger partial charge in [-0.3, -0.25) is 5.10 Å². The number of rotatable bonds is 4. The minimum absolute atomic E-state index is 0.735. The highest BCUT2D eigenvalue weighted by atomic mass is 32.1. The van der Waals surface area contributed by atoms with Crippen molar-refractivity contribution in [3.05, 3.63) is 51.5 Å². The van der Waals surface area contributed by atoms with Gasteiger partial charge in [0, 0.05) is 27.5 Å². The van der Waals surface area contributed by atoms with Crippen molar-refractivity contribution in [2.75, 3.05) is 5.32 Å². The summed E-state index contributed by atoms with van der Waals surface area (Å²) < 4.78 is 0. The van der Waals surface area contributed by atoms with E-state index in [2.05, 4.69) is 52.5 Å². The van der Waals surface area contributed by atoms with E-state index in [4.69, 9.17) is 0 Å². The number of aromatic nitrogens is 3. The number of aryl methyl sites for hydroxylation is 3. The molecular formula is C16H18N4S. The van der Waals surface area contributed by atoms with Crippen LogP contribution in [0.3, 0.4) is 0 Å². The Morgan fingerprint density at radius 1 is 1.19 bits per heavy atom. The van der Waals surface area contributed by atoms with Crippen molar-refractivity contribution in [1.82, 2.24) is 15.2 Å². The lowest BCUT2D eigenvalue weighted by molar-refractivity contribution is 1.04. The van der Waals surface area contributed by atoms with E-state index in [9.17, 15) is 0 Å². The first-order valence-corrected chi connectivity index (χ1v) is 7.72. The van der Waals surface area contributed by atoms with Gasteiger partial charge in [-0.25, -0.2) is 4.98 Å². The van der Waals surface area contributed by atoms with Crippen LogP contribution >= 0.6 is 11.3 Å². The van der Waals surface area contributed by atoms with Crippen molar-refractivity contribution in [3.8, 4) is 11.4 Å². The molecule has 3 rings (SSSR count). The fourth-order valence-corrected chi connectivity index (χ4v) is 3.24. The maximum Gasteiger partial charge on any atom is 0.181 e. The maximum atomic E-state index is 4.36. The minimum atomic E-state index is 0.735. The van der Waals surface area contributed by atoms with Crippen LogP contribution in [-0.4, -0.2) is 15.2 Å². The van der Waals surface area contributed by atoms with Crippen LogP contribution in [-0.2, 0) is 6.54 Å². The first-order chi connectivity index (χ1) is 10.1. The number of benzene rings is 1. The van der Waals surface area contributed by atoms with Crippen LogP contribution in [0.1, 0.15) is 21.1 Å². The maximum absolute atomic E-state index is 4.36. The smallest absolute Gasteiger partial charge is 0.181 e. The average Bonchev–Trinajstić information content (AvgIpc) is 3.03. The summed E-state index contributed by atoms with van der Waals surface area (Å²) >= 11 is 1.84. The van der Waals surface area contributed by atoms with Gasteiger partial charge >= 0.3 is 0 Å². The van der Waals surface area contributed by atoms with Crippen molar-refractivity contribution in [1.29, 1.82) is 0 Å². The van der Waals surface area contributed by atoms with E-state index in [1.54, 1.807) is 0 Å². The van der Waals surface area contributed by atoms with Gasteiger partial charge in [-0.05, 0) is 44.5 Å². The Bertz CT molecular complexity index is 757. The van der Waals surface area contributed by atoms with E-state index in [1.165, 1.54) is 15.3 Å². The highest BCUT2D eigenvalue weighted by molar-refractivity contribution is 7.12. The summed E-state index contributed by atoms with van der Waals surface area (Å²) in [6.07, 6.45) is 0. The van der Waals surface area contributed by atoms with E-state index in [0.717, 1.165) is 29.4 Å². The van der Waals surface area contributed by atoms with Gasteiger partial charge < -0.3 is 5.32 Å². The number of H-pyrrole nitrogens is 1. The summed E-state index contributed by atoms with van der Waals surface area (Å²) in [6, 6.07) is 10.4. The molecule has 3 aromatic rings. The van der Waals surface area contributed by atoms with Gasteiger partial charge in [0.05, 0.1) is 0 Å². The van der Waals surface area contributed by atoms with Gasteiger partial charge in [0.15, 0.2) is 5.82 Å². The third kappa shape index (κ3) is 3.13. The molecule has 2 heterocycles. The molecule has 0 atom stereocenters. The number of nitrogens with zero attached hydrogens (tertiary/aromatic N) is 2. The molecule has 0 radical (unpaired) electrons. The van der Waals surface area contributed by atoms with Gasteiger partial charge in [0.1, 0.15) is 5.82 Å². The predicted octanol–water partition coefficient (Wildman–Crippen LogP) is 4.07. The second-order valence-corrected chi connectivity index (χ2v) is 6.58. The Kier molecular flexibility index (Phi) is 3.75. The van der Waals surface area contributed by atoms with E-state index in [0.29, 0.717) is 0 Å². The van der Waals surface area contributed by atoms with E-state index in [-0.39, 0.29) is 0 Å². The number of hydrogen-bond acceptors (Lipinski definition) is 4. The summed E-state index contributed by atoms with van der Waals surface area (Å²) in [5.41, 5.74) is 3.46. The third-order valence-corrected chi connectivity index (χ3v) is 4.35. The molecule has 0 saturated heterocycles. The van der Waals surface area contributed by atoms with Crippen LogP contribution in [0.15, 0.2) is 30.3 Å². The van der Waals surface area contributed by atoms with Crippen molar-refractivity contribution in [2.24, 2.45) is 0 Å². The number of thiophene rings is 1. The number of hydrogen-bond donors (Lipinski definition) is 2. The molecule has 0 amide bonds. The summed E-state index contributed by atoms with van der Waals surface area (Å²) in [7, 11) is 0. The van der Waals surface area contributed by atoms with Gasteiger partial charge in [0.25, 0.3) is 0 Å². The van der Waals surface area contributed by atoms with Crippen molar-refractivity contribution < 1.29 is 0 Å². The number of anilines is 1. The molecule has 0 aliphatic rings. The topological polar surface area (TPSA) is 53.6 Å². The quantitative estimate of drug-likeness (QED) is 0.763. The molecule has 5 heteroatoms. The molecule has 2 aromatic heterocycles. The first kappa shape index (κ1) is 13.8. The monoisotopic (exact) mass is 298 g/mol. The molecule has 1 aromatic carbocycles. The lowest BCUT2D eigenvalue weighted by Gasteiger charge is -2.07. The highest BCUT2D eigenvalue weighted by Gasteiger charge is 2.06. The van der Waals surface area contributed by atoms with Crippen molar-refractivity contribution in [3.63, 3.8) is 0 Å². The molecule has 0 unspecified atom stereocenters. The second-order valence-electron chi connectivity index (χ2n) is 5.12. The Morgan fingerprint density at radius 3 is 2.71 bits per heavy atom. The van der Waals surface area contributed by atoms with Gasteiger partial charge in [-0.1, -0.05) is 12.1 Å². The van der Waals surface area contributed by atoms with Gasteiger partial charge in [-0.15, -0.1) is 11.3 Å². The molecule has 21 heavy (non-hydrogen) atoms. The van der Waals surface area contributed by atoms with Crippen LogP contribution in [0.2, 0.25) is 0 Å². The average molecular weight is 298 g/mol. The summed E-state index contributed by atoms with van der Waals surface area (Å²) in [5.74, 6) is 1.56. The van der Waals surface area contributed by atoms with E-state index >= 15 is 0 Å². The van der Waals surface area contributed by atoms with Crippen LogP contribution in [0.25, 0.3) is 11.4 Å². The Labute approximate surface area is 128 Å². The SMILES string of the molecule is Cc1nc(-c2cccc(NCc3cc(C)sc3C)c2)n[nH]1. The summed E-state index contributed by atoms with van der Waals surface area (Å²) in [6.45, 7) is 7.06. The summed E-state index contributed by atoms with van der Waals surface area (Å²) in [5, 5.41) is 10.5. The fourth-order valence-electron chi connectivity index (χ4n) is 2.30. The Balaban J connectivity index is 1.76. The van der Waals surface area contributed by atoms with Gasteiger partial charge in [-0.2, -0.15) is 5.10 Å². The molecule has 0 aliphatic heterocycles. The van der Waals surface area contributed by atoms with Crippen molar-refractivity contribution >= 4 is 17.0 Å². The zero-order chi connectivity index (χ0) is 14.8. The molecule has 0 spiro atoms. The molecule has 0 bridgehead atoms. The van der Waals surface area contributed by atoms with Crippen LogP contribution in [0.4, 0.5) is 5.69 Å².